The van der Waals surface area contributed by atoms with Gasteiger partial charge in [0, 0.05) is 39.1 Å². The number of para-hydroxylation sites is 1. The highest BCUT2D eigenvalue weighted by atomic mass is 16.2. The number of carbonyl (C=O) groups excluding carboxylic acids is 4. The molecule has 2 heterocycles. The molecule has 3 aromatic rings. The van der Waals surface area contributed by atoms with Gasteiger partial charge in [-0.3, -0.25) is 24.1 Å². The van der Waals surface area contributed by atoms with E-state index < -0.39 is 11.8 Å². The molecule has 0 radical (unpaired) electrons. The maximum atomic E-state index is 13.9. The van der Waals surface area contributed by atoms with Crippen LogP contribution in [0.1, 0.15) is 119 Å². The molecule has 0 aliphatic carbocycles. The third-order valence-corrected chi connectivity index (χ3v) is 8.09. The number of hydrogen-bond donors (Lipinski definition) is 0. The van der Waals surface area contributed by atoms with Gasteiger partial charge in [0.15, 0.2) is 0 Å². The van der Waals surface area contributed by atoms with Crippen LogP contribution in [-0.4, -0.2) is 34.6 Å². The monoisotopic (exact) mass is 524 g/mol. The second-order valence-electron chi connectivity index (χ2n) is 10.7. The van der Waals surface area contributed by atoms with E-state index in [0.29, 0.717) is 38.7 Å². The summed E-state index contributed by atoms with van der Waals surface area (Å²) in [5, 5.41) is 0.845. The van der Waals surface area contributed by atoms with Crippen LogP contribution in [0.3, 0.4) is 0 Å². The standard InChI is InChI=1S/C33H36N2O4/c1-3-5-7-10-14-22(15-11-8-6-4-2)34-30(36)24-18-20-26-29-27(21-19-25(28(24)29)31(34)37)33(39)35(32(26)38)23-16-12-9-13-17-23/h9,12-13,16-22H,3-8,10-11,14-15H2,1-2H3. The number of unbranched alkanes of at least 4 members (excludes halogenated alkanes) is 6. The second-order valence-corrected chi connectivity index (χ2v) is 10.7. The van der Waals surface area contributed by atoms with Crippen LogP contribution in [0.4, 0.5) is 5.69 Å². The molecule has 0 fully saturated rings. The van der Waals surface area contributed by atoms with Crippen LogP contribution in [0, 0.1) is 0 Å². The summed E-state index contributed by atoms with van der Waals surface area (Å²) in [5.74, 6) is -1.54. The molecule has 0 saturated heterocycles. The molecule has 0 saturated carbocycles. The zero-order valence-electron chi connectivity index (χ0n) is 22.9. The van der Waals surface area contributed by atoms with Crippen molar-refractivity contribution in [2.24, 2.45) is 0 Å². The summed E-state index contributed by atoms with van der Waals surface area (Å²) >= 11 is 0. The normalized spacial score (nSPS) is 14.7. The van der Waals surface area contributed by atoms with E-state index in [4.69, 9.17) is 0 Å². The fourth-order valence-corrected chi connectivity index (χ4v) is 6.05. The Hall–Kier alpha value is -3.80. The van der Waals surface area contributed by atoms with Crippen LogP contribution in [0.5, 0.6) is 0 Å². The van der Waals surface area contributed by atoms with E-state index in [9.17, 15) is 19.2 Å². The summed E-state index contributed by atoms with van der Waals surface area (Å²) < 4.78 is 0. The summed E-state index contributed by atoms with van der Waals surface area (Å²) in [5.41, 5.74) is 1.94. The molecule has 2 aliphatic rings. The lowest BCUT2D eigenvalue weighted by Gasteiger charge is -2.36. The van der Waals surface area contributed by atoms with E-state index in [2.05, 4.69) is 13.8 Å². The lowest BCUT2D eigenvalue weighted by atomic mass is 9.85. The maximum absolute atomic E-state index is 13.9. The Morgan fingerprint density at radius 2 is 0.974 bits per heavy atom. The number of rotatable bonds is 12. The molecule has 6 nitrogen and oxygen atoms in total. The van der Waals surface area contributed by atoms with Crippen molar-refractivity contribution >= 4 is 40.1 Å². The molecule has 39 heavy (non-hydrogen) atoms. The van der Waals surface area contributed by atoms with Crippen molar-refractivity contribution in [1.82, 2.24) is 4.90 Å². The third kappa shape index (κ3) is 4.77. The molecule has 5 rings (SSSR count). The predicted octanol–water partition coefficient (Wildman–Crippen LogP) is 7.55. The van der Waals surface area contributed by atoms with Crippen molar-refractivity contribution in [2.75, 3.05) is 4.90 Å². The zero-order valence-corrected chi connectivity index (χ0v) is 22.9. The molecular formula is C33H36N2O4. The Morgan fingerprint density at radius 1 is 0.538 bits per heavy atom. The van der Waals surface area contributed by atoms with Gasteiger partial charge in [-0.1, -0.05) is 83.4 Å². The van der Waals surface area contributed by atoms with Gasteiger partial charge in [-0.25, -0.2) is 4.90 Å². The van der Waals surface area contributed by atoms with Crippen LogP contribution in [0.25, 0.3) is 10.8 Å². The number of benzene rings is 3. The van der Waals surface area contributed by atoms with Crippen molar-refractivity contribution in [2.45, 2.75) is 84.1 Å². The second kappa shape index (κ2) is 11.5. The highest BCUT2D eigenvalue weighted by Gasteiger charge is 2.41. The van der Waals surface area contributed by atoms with Gasteiger partial charge in [-0.2, -0.15) is 0 Å². The lowest BCUT2D eigenvalue weighted by molar-refractivity contribution is 0.0516. The summed E-state index contributed by atoms with van der Waals surface area (Å²) in [6.45, 7) is 4.34. The minimum Gasteiger partial charge on any atom is -0.271 e. The Labute approximate surface area is 230 Å². The predicted molar refractivity (Wildman–Crippen MR) is 153 cm³/mol. The largest absolute Gasteiger partial charge is 0.271 e. The summed E-state index contributed by atoms with van der Waals surface area (Å²) in [4.78, 5) is 57.6. The van der Waals surface area contributed by atoms with Crippen molar-refractivity contribution in [1.29, 1.82) is 0 Å². The molecule has 0 bridgehead atoms. The molecular weight excluding hydrogens is 488 g/mol. The SMILES string of the molecule is CCCCCCC(CCCCCC)N1C(=O)c2ccc3c4c(ccc(c24)C1=O)C(=O)N(c1ccccc1)C3=O. The van der Waals surface area contributed by atoms with Crippen molar-refractivity contribution in [3.63, 3.8) is 0 Å². The van der Waals surface area contributed by atoms with E-state index in [1.807, 2.05) is 6.07 Å². The molecule has 0 N–H and O–H groups in total. The van der Waals surface area contributed by atoms with Gasteiger partial charge in [0.05, 0.1) is 5.69 Å². The highest BCUT2D eigenvalue weighted by molar-refractivity contribution is 6.39. The fourth-order valence-electron chi connectivity index (χ4n) is 6.05. The van der Waals surface area contributed by atoms with E-state index >= 15 is 0 Å². The van der Waals surface area contributed by atoms with E-state index in [1.165, 1.54) is 9.80 Å². The van der Waals surface area contributed by atoms with E-state index in [1.54, 1.807) is 48.5 Å². The molecule has 202 valence electrons. The Morgan fingerprint density at radius 3 is 1.41 bits per heavy atom. The van der Waals surface area contributed by atoms with Gasteiger partial charge in [0.2, 0.25) is 0 Å². The first-order chi connectivity index (χ1) is 19.0. The van der Waals surface area contributed by atoms with Gasteiger partial charge >= 0.3 is 0 Å². The van der Waals surface area contributed by atoms with Crippen LogP contribution >= 0.6 is 0 Å². The number of anilines is 1. The molecule has 2 aliphatic heterocycles. The van der Waals surface area contributed by atoms with Gasteiger partial charge in [-0.15, -0.1) is 0 Å². The molecule has 0 aromatic heterocycles. The molecule has 0 spiro atoms. The van der Waals surface area contributed by atoms with Crippen molar-refractivity contribution < 1.29 is 19.2 Å². The first-order valence-corrected chi connectivity index (χ1v) is 14.4. The molecule has 0 atom stereocenters. The fraction of sp³-hybridized carbons (Fsp3) is 0.394. The maximum Gasteiger partial charge on any atom is 0.265 e. The number of hydrogen-bond acceptors (Lipinski definition) is 4. The number of carbonyl (C=O) groups is 4. The van der Waals surface area contributed by atoms with Crippen molar-refractivity contribution in [3.05, 3.63) is 76.9 Å². The van der Waals surface area contributed by atoms with Crippen LogP contribution in [-0.2, 0) is 0 Å². The number of amides is 4. The van der Waals surface area contributed by atoms with E-state index in [-0.39, 0.29) is 17.9 Å². The first kappa shape index (κ1) is 26.8. The van der Waals surface area contributed by atoms with Crippen LogP contribution in [0.15, 0.2) is 54.6 Å². The Balaban J connectivity index is 1.53. The molecule has 4 amide bonds. The minimum absolute atomic E-state index is 0.161. The van der Waals surface area contributed by atoms with Crippen molar-refractivity contribution in [3.8, 4) is 0 Å². The quantitative estimate of drug-likeness (QED) is 0.181. The number of imide groups is 2. The first-order valence-electron chi connectivity index (χ1n) is 14.4. The highest BCUT2D eigenvalue weighted by Crippen LogP contribution is 2.40. The van der Waals surface area contributed by atoms with Gasteiger partial charge in [0.25, 0.3) is 23.6 Å². The zero-order chi connectivity index (χ0) is 27.5. The molecule has 3 aromatic carbocycles. The average Bonchev–Trinajstić information content (AvgIpc) is 2.95. The molecule has 0 unspecified atom stereocenters. The van der Waals surface area contributed by atoms with Gasteiger partial charge in [-0.05, 0) is 49.2 Å². The minimum atomic E-state index is -0.450. The summed E-state index contributed by atoms with van der Waals surface area (Å²) in [6, 6.07) is 15.3. The van der Waals surface area contributed by atoms with Crippen LogP contribution < -0.4 is 4.90 Å². The van der Waals surface area contributed by atoms with Crippen LogP contribution in [0.2, 0.25) is 0 Å². The van der Waals surface area contributed by atoms with Gasteiger partial charge in [0.1, 0.15) is 0 Å². The third-order valence-electron chi connectivity index (χ3n) is 8.09. The summed E-state index contributed by atoms with van der Waals surface area (Å²) in [7, 11) is 0. The van der Waals surface area contributed by atoms with E-state index in [0.717, 1.165) is 64.2 Å². The molecule has 6 heteroatoms. The van der Waals surface area contributed by atoms with Gasteiger partial charge < -0.3 is 0 Å². The Bertz CT molecular complexity index is 1350. The summed E-state index contributed by atoms with van der Waals surface area (Å²) in [6.07, 6.45) is 10.2. The topological polar surface area (TPSA) is 74.8 Å². The number of nitrogens with zero attached hydrogens (tertiary/aromatic N) is 2. The smallest absolute Gasteiger partial charge is 0.265 e. The lowest BCUT2D eigenvalue weighted by Crippen LogP contribution is -2.48. The Kier molecular flexibility index (Phi) is 7.92. The average molecular weight is 525 g/mol.